The van der Waals surface area contributed by atoms with Crippen LogP contribution >= 0.6 is 0 Å². The topological polar surface area (TPSA) is 54.4 Å². The molecule has 0 rings (SSSR count). The van der Waals surface area contributed by atoms with Crippen molar-refractivity contribution < 1.29 is 61.3 Å². The zero-order chi connectivity index (χ0) is 18.4. The predicted molar refractivity (Wildman–Crippen MR) is 46.9 cm³/mol. The van der Waals surface area contributed by atoms with E-state index in [2.05, 4.69) is 0 Å². The van der Waals surface area contributed by atoms with Crippen LogP contribution in [0.15, 0.2) is 0 Å². The van der Waals surface area contributed by atoms with Gasteiger partial charge in [0.15, 0.2) is 0 Å². The molecule has 0 aliphatic carbocycles. The molecule has 15 heteroatoms. The third kappa shape index (κ3) is 3.55. The molecule has 0 unspecified atom stereocenters. The lowest BCUT2D eigenvalue weighted by atomic mass is 9.96. The molecule has 0 heterocycles. The fourth-order valence-corrected chi connectivity index (χ4v) is 1.53. The highest BCUT2D eigenvalue weighted by atomic mass is 32.2. The number of hydrogen-bond acceptors (Lipinski definition) is 2. The number of rotatable bonds is 6. The van der Waals surface area contributed by atoms with E-state index in [-0.39, 0.29) is 0 Å². The first-order valence-corrected chi connectivity index (χ1v) is 6.35. The summed E-state index contributed by atoms with van der Waals surface area (Å²) in [4.78, 5) is 0. The molecule has 22 heavy (non-hydrogen) atoms. The van der Waals surface area contributed by atoms with E-state index in [9.17, 15) is 56.7 Å². The highest BCUT2D eigenvalue weighted by Gasteiger charge is 2.86. The fourth-order valence-electron chi connectivity index (χ4n) is 1.02. The van der Waals surface area contributed by atoms with Gasteiger partial charge in [0.05, 0.1) is 5.75 Å². The first kappa shape index (κ1) is 21.1. The molecule has 0 aliphatic rings. The quantitative estimate of drug-likeness (QED) is 0.570. The van der Waals surface area contributed by atoms with Crippen molar-refractivity contribution in [3.05, 3.63) is 0 Å². The minimum Gasteiger partial charge on any atom is -0.286 e. The normalized spacial score (nSPS) is 16.0. The van der Waals surface area contributed by atoms with E-state index in [1.54, 1.807) is 0 Å². The predicted octanol–water partition coefficient (Wildman–Crippen LogP) is 3.37. The Bertz CT molecular complexity index is 506. The molecular weight excluding hydrogens is 373 g/mol. The molecule has 0 spiro atoms. The lowest BCUT2D eigenvalue weighted by Gasteiger charge is -2.37. The van der Waals surface area contributed by atoms with Crippen LogP contribution in [0.1, 0.15) is 6.42 Å². The monoisotopic (exact) mass is 378 g/mol. The van der Waals surface area contributed by atoms with Crippen LogP contribution in [-0.4, -0.2) is 48.6 Å². The number of hydrogen-bond donors (Lipinski definition) is 1. The maximum atomic E-state index is 12.8. The molecule has 0 aromatic heterocycles. The van der Waals surface area contributed by atoms with Crippen molar-refractivity contribution >= 4 is 10.1 Å². The summed E-state index contributed by atoms with van der Waals surface area (Å²) in [6.45, 7) is 0. The summed E-state index contributed by atoms with van der Waals surface area (Å²) in [5.74, 6) is -30.9. The summed E-state index contributed by atoms with van der Waals surface area (Å²) in [6, 6.07) is 0. The molecule has 134 valence electrons. The van der Waals surface area contributed by atoms with E-state index in [0.29, 0.717) is 0 Å². The zero-order valence-electron chi connectivity index (χ0n) is 9.74. The molecule has 0 saturated heterocycles. The Balaban J connectivity index is 5.79. The Kier molecular flexibility index (Phi) is 5.14. The van der Waals surface area contributed by atoms with Gasteiger partial charge in [0.1, 0.15) is 0 Å². The van der Waals surface area contributed by atoms with Crippen molar-refractivity contribution in [2.45, 2.75) is 36.3 Å². The van der Waals surface area contributed by atoms with Crippen molar-refractivity contribution in [2.75, 3.05) is 5.75 Å². The van der Waals surface area contributed by atoms with Crippen LogP contribution in [-0.2, 0) is 10.1 Å². The zero-order valence-corrected chi connectivity index (χ0v) is 10.6. The van der Waals surface area contributed by atoms with Gasteiger partial charge in [-0.15, -0.1) is 0 Å². The van der Waals surface area contributed by atoms with Crippen LogP contribution < -0.4 is 0 Å². The van der Waals surface area contributed by atoms with Crippen LogP contribution in [0.4, 0.5) is 48.3 Å². The lowest BCUT2D eigenvalue weighted by Crippen LogP contribution is -2.66. The summed E-state index contributed by atoms with van der Waals surface area (Å²) in [5.41, 5.74) is 0. The van der Waals surface area contributed by atoms with E-state index in [1.807, 2.05) is 0 Å². The maximum Gasteiger partial charge on any atom is 0.460 e. The van der Waals surface area contributed by atoms with Crippen LogP contribution in [0, 0.1) is 0 Å². The van der Waals surface area contributed by atoms with E-state index < -0.39 is 52.2 Å². The van der Waals surface area contributed by atoms with E-state index in [0.717, 1.165) is 0 Å². The molecule has 0 amide bonds. The lowest BCUT2D eigenvalue weighted by molar-refractivity contribution is -0.422. The van der Waals surface area contributed by atoms with Gasteiger partial charge in [0, 0.05) is 6.42 Å². The molecule has 0 aromatic carbocycles. The second-order valence-electron chi connectivity index (χ2n) is 3.96. The van der Waals surface area contributed by atoms with Crippen molar-refractivity contribution in [3.8, 4) is 0 Å². The SMILES string of the molecule is O=S(=O)(O)CCC(F)(F)C(F)(F)C(F)(F)C(F)(F)C(F)(F)F. The van der Waals surface area contributed by atoms with Crippen molar-refractivity contribution in [1.29, 1.82) is 0 Å². The van der Waals surface area contributed by atoms with Gasteiger partial charge in [0.25, 0.3) is 10.1 Å². The molecule has 0 bridgehead atoms. The van der Waals surface area contributed by atoms with Crippen molar-refractivity contribution in [3.63, 3.8) is 0 Å². The highest BCUT2D eigenvalue weighted by Crippen LogP contribution is 2.57. The number of halogens is 11. The third-order valence-electron chi connectivity index (χ3n) is 2.28. The van der Waals surface area contributed by atoms with Gasteiger partial charge < -0.3 is 0 Å². The Labute approximate surface area is 114 Å². The average molecular weight is 378 g/mol. The summed E-state index contributed by atoms with van der Waals surface area (Å²) >= 11 is 0. The minimum atomic E-state index is -7.58. The Morgan fingerprint density at radius 1 is 0.682 bits per heavy atom. The van der Waals surface area contributed by atoms with E-state index in [1.165, 1.54) is 0 Å². The van der Waals surface area contributed by atoms with Crippen LogP contribution in [0.3, 0.4) is 0 Å². The molecule has 0 radical (unpaired) electrons. The van der Waals surface area contributed by atoms with Gasteiger partial charge in [-0.05, 0) is 0 Å². The van der Waals surface area contributed by atoms with Gasteiger partial charge in [-0.3, -0.25) is 4.55 Å². The second kappa shape index (κ2) is 5.35. The van der Waals surface area contributed by atoms with Crippen molar-refractivity contribution in [1.82, 2.24) is 0 Å². The van der Waals surface area contributed by atoms with E-state index in [4.69, 9.17) is 4.55 Å². The molecule has 3 nitrogen and oxygen atoms in total. The van der Waals surface area contributed by atoms with Crippen LogP contribution in [0.2, 0.25) is 0 Å². The Morgan fingerprint density at radius 3 is 1.32 bits per heavy atom. The molecule has 0 aliphatic heterocycles. The largest absolute Gasteiger partial charge is 0.460 e. The van der Waals surface area contributed by atoms with Crippen LogP contribution in [0.5, 0.6) is 0 Å². The molecule has 1 N–H and O–H groups in total. The van der Waals surface area contributed by atoms with Gasteiger partial charge in [-0.2, -0.15) is 56.7 Å². The summed E-state index contributed by atoms with van der Waals surface area (Å²) in [5, 5.41) is 0. The minimum absolute atomic E-state index is 2.27. The van der Waals surface area contributed by atoms with Gasteiger partial charge in [0.2, 0.25) is 0 Å². The molecule has 0 saturated carbocycles. The maximum absolute atomic E-state index is 12.8. The third-order valence-corrected chi connectivity index (χ3v) is 3.00. The molecular formula is C7H5F11O3S. The molecule has 0 atom stereocenters. The van der Waals surface area contributed by atoms with Crippen LogP contribution in [0.25, 0.3) is 0 Å². The van der Waals surface area contributed by atoms with E-state index >= 15 is 0 Å². The van der Waals surface area contributed by atoms with Gasteiger partial charge >= 0.3 is 29.9 Å². The second-order valence-corrected chi connectivity index (χ2v) is 5.53. The van der Waals surface area contributed by atoms with Gasteiger partial charge in [-0.1, -0.05) is 0 Å². The first-order chi connectivity index (χ1) is 9.21. The average Bonchev–Trinajstić information content (AvgIpc) is 2.23. The fraction of sp³-hybridized carbons (Fsp3) is 1.00. The smallest absolute Gasteiger partial charge is 0.286 e. The summed E-state index contributed by atoms with van der Waals surface area (Å²) in [6.07, 6.45) is -10.1. The Hall–Kier alpha value is -0.860. The van der Waals surface area contributed by atoms with Gasteiger partial charge in [-0.25, -0.2) is 0 Å². The Morgan fingerprint density at radius 2 is 1.05 bits per heavy atom. The summed E-state index contributed by atoms with van der Waals surface area (Å²) in [7, 11) is -5.39. The van der Waals surface area contributed by atoms with Crippen molar-refractivity contribution in [2.24, 2.45) is 0 Å². The highest BCUT2D eigenvalue weighted by molar-refractivity contribution is 7.85. The number of alkyl halides is 11. The molecule has 0 aromatic rings. The molecule has 0 fully saturated rings. The first-order valence-electron chi connectivity index (χ1n) is 4.74. The standard InChI is InChI=1S/C7H5F11O3S/c8-3(9,1-2-22(19,20)21)4(10,11)5(12,13)6(14,15)7(16,17)18/h1-2H2,(H,19,20,21). The summed E-state index contributed by atoms with van der Waals surface area (Å²) < 4.78 is 165.